The molecule has 0 saturated carbocycles. The second-order valence-electron chi connectivity index (χ2n) is 4.17. The summed E-state index contributed by atoms with van der Waals surface area (Å²) < 4.78 is 9.72. The van der Waals surface area contributed by atoms with Crippen molar-refractivity contribution in [3.8, 4) is 0 Å². The van der Waals surface area contributed by atoms with Gasteiger partial charge >= 0.3 is 11.9 Å². The lowest BCUT2D eigenvalue weighted by molar-refractivity contribution is -0.144. The molecule has 0 aromatic heterocycles. The standard InChI is InChI=1S/C14H26O4S2/c1-3-17-13(15)9-5-7-11-19-20-12-8-6-10-14(16)18-4-2/h3-12H2,1-2H3. The summed E-state index contributed by atoms with van der Waals surface area (Å²) in [6.07, 6.45) is 4.93. The first-order valence-corrected chi connectivity index (χ1v) is 9.75. The number of rotatable bonds is 13. The Morgan fingerprint density at radius 2 is 1.15 bits per heavy atom. The largest absolute Gasteiger partial charge is 0.466 e. The molecule has 4 nitrogen and oxygen atoms in total. The number of ether oxygens (including phenoxy) is 2. The van der Waals surface area contributed by atoms with Crippen LogP contribution in [0.3, 0.4) is 0 Å². The minimum absolute atomic E-state index is 0.0934. The van der Waals surface area contributed by atoms with Crippen LogP contribution in [0.2, 0.25) is 0 Å². The average molecular weight is 322 g/mol. The molecule has 0 saturated heterocycles. The molecule has 0 rings (SSSR count). The van der Waals surface area contributed by atoms with E-state index >= 15 is 0 Å². The van der Waals surface area contributed by atoms with Crippen molar-refractivity contribution >= 4 is 33.5 Å². The molecule has 0 unspecified atom stereocenters. The smallest absolute Gasteiger partial charge is 0.305 e. The van der Waals surface area contributed by atoms with Gasteiger partial charge in [0.05, 0.1) is 13.2 Å². The van der Waals surface area contributed by atoms with Crippen molar-refractivity contribution in [2.45, 2.75) is 52.4 Å². The van der Waals surface area contributed by atoms with E-state index in [9.17, 15) is 9.59 Å². The lowest BCUT2D eigenvalue weighted by atomic mass is 10.2. The monoisotopic (exact) mass is 322 g/mol. The Morgan fingerprint density at radius 1 is 0.750 bits per heavy atom. The van der Waals surface area contributed by atoms with Crippen molar-refractivity contribution in [2.75, 3.05) is 24.7 Å². The van der Waals surface area contributed by atoms with E-state index in [0.717, 1.165) is 37.2 Å². The summed E-state index contributed by atoms with van der Waals surface area (Å²) in [5, 5.41) is 0. The molecule has 0 aromatic carbocycles. The molecule has 0 heterocycles. The number of hydrogen-bond donors (Lipinski definition) is 0. The van der Waals surface area contributed by atoms with E-state index in [4.69, 9.17) is 9.47 Å². The molecule has 0 aliphatic carbocycles. The fourth-order valence-corrected chi connectivity index (χ4v) is 3.74. The summed E-state index contributed by atoms with van der Waals surface area (Å²) in [5.74, 6) is 1.93. The molecule has 6 heteroatoms. The minimum Gasteiger partial charge on any atom is -0.466 e. The molecule has 0 aliphatic heterocycles. The van der Waals surface area contributed by atoms with Gasteiger partial charge in [-0.2, -0.15) is 0 Å². The second-order valence-corrected chi connectivity index (χ2v) is 6.87. The Bertz CT molecular complexity index is 234. The van der Waals surface area contributed by atoms with Crippen molar-refractivity contribution in [2.24, 2.45) is 0 Å². The van der Waals surface area contributed by atoms with Crippen LogP contribution >= 0.6 is 21.6 Å². The zero-order valence-electron chi connectivity index (χ0n) is 12.5. The van der Waals surface area contributed by atoms with Crippen LogP contribution < -0.4 is 0 Å². The lowest BCUT2D eigenvalue weighted by Crippen LogP contribution is -2.03. The van der Waals surface area contributed by atoms with E-state index in [0.29, 0.717) is 26.1 Å². The van der Waals surface area contributed by atoms with Crippen molar-refractivity contribution in [3.63, 3.8) is 0 Å². The molecule has 0 bridgehead atoms. The third-order valence-corrected chi connectivity index (χ3v) is 4.99. The van der Waals surface area contributed by atoms with Gasteiger partial charge in [0, 0.05) is 24.3 Å². The van der Waals surface area contributed by atoms with Gasteiger partial charge < -0.3 is 9.47 Å². The topological polar surface area (TPSA) is 52.6 Å². The van der Waals surface area contributed by atoms with Crippen molar-refractivity contribution in [1.29, 1.82) is 0 Å². The highest BCUT2D eigenvalue weighted by molar-refractivity contribution is 8.76. The summed E-state index contributed by atoms with van der Waals surface area (Å²) in [6, 6.07) is 0. The van der Waals surface area contributed by atoms with Crippen molar-refractivity contribution < 1.29 is 19.1 Å². The Hall–Kier alpha value is -0.360. The molecule has 0 aromatic rings. The first-order chi connectivity index (χ1) is 9.70. The van der Waals surface area contributed by atoms with Gasteiger partial charge in [-0.3, -0.25) is 9.59 Å². The zero-order valence-corrected chi connectivity index (χ0v) is 14.2. The Balaban J connectivity index is 3.13. The van der Waals surface area contributed by atoms with Gasteiger partial charge in [-0.05, 0) is 39.5 Å². The lowest BCUT2D eigenvalue weighted by Gasteiger charge is -2.03. The molecule has 0 amide bonds. The van der Waals surface area contributed by atoms with Gasteiger partial charge in [0.15, 0.2) is 0 Å². The number of carbonyl (C=O) groups is 2. The van der Waals surface area contributed by atoms with Crippen LogP contribution in [0.25, 0.3) is 0 Å². The predicted octanol–water partition coefficient (Wildman–Crippen LogP) is 3.83. The van der Waals surface area contributed by atoms with Crippen LogP contribution in [0, 0.1) is 0 Å². The highest BCUT2D eigenvalue weighted by Crippen LogP contribution is 2.24. The summed E-state index contributed by atoms with van der Waals surface area (Å²) >= 11 is 0. The predicted molar refractivity (Wildman–Crippen MR) is 85.9 cm³/mol. The van der Waals surface area contributed by atoms with Crippen LogP contribution in [0.4, 0.5) is 0 Å². The number of esters is 2. The molecule has 0 radical (unpaired) electrons. The fraction of sp³-hybridized carbons (Fsp3) is 0.857. The molecule has 0 N–H and O–H groups in total. The van der Waals surface area contributed by atoms with E-state index < -0.39 is 0 Å². The van der Waals surface area contributed by atoms with E-state index in [1.807, 2.05) is 35.4 Å². The van der Waals surface area contributed by atoms with Gasteiger partial charge in [0.2, 0.25) is 0 Å². The molecule has 20 heavy (non-hydrogen) atoms. The van der Waals surface area contributed by atoms with Crippen LogP contribution in [0.15, 0.2) is 0 Å². The summed E-state index contributed by atoms with van der Waals surface area (Å²) in [7, 11) is 3.67. The molecule has 0 aliphatic rings. The average Bonchev–Trinajstić information content (AvgIpc) is 2.41. The highest BCUT2D eigenvalue weighted by atomic mass is 33.1. The van der Waals surface area contributed by atoms with E-state index in [1.54, 1.807) is 0 Å². The fourth-order valence-electron chi connectivity index (χ4n) is 1.44. The van der Waals surface area contributed by atoms with Gasteiger partial charge in [-0.15, -0.1) is 0 Å². The summed E-state index contributed by atoms with van der Waals surface area (Å²) in [4.78, 5) is 22.2. The van der Waals surface area contributed by atoms with Gasteiger partial charge in [0.1, 0.15) is 0 Å². The maximum absolute atomic E-state index is 11.1. The molecule has 118 valence electrons. The minimum atomic E-state index is -0.0934. The van der Waals surface area contributed by atoms with Crippen LogP contribution in [-0.4, -0.2) is 36.7 Å². The number of carbonyl (C=O) groups excluding carboxylic acids is 2. The Labute approximate surface area is 130 Å². The van der Waals surface area contributed by atoms with E-state index in [2.05, 4.69) is 0 Å². The van der Waals surface area contributed by atoms with Gasteiger partial charge in [-0.25, -0.2) is 0 Å². The van der Waals surface area contributed by atoms with Crippen LogP contribution in [0.1, 0.15) is 52.4 Å². The molecule has 0 fully saturated rings. The molecular formula is C14H26O4S2. The Kier molecular flexibility index (Phi) is 14.8. The van der Waals surface area contributed by atoms with E-state index in [1.165, 1.54) is 0 Å². The summed E-state index contributed by atoms with van der Waals surface area (Å²) in [6.45, 7) is 4.59. The van der Waals surface area contributed by atoms with Crippen LogP contribution in [-0.2, 0) is 19.1 Å². The van der Waals surface area contributed by atoms with Crippen molar-refractivity contribution in [3.05, 3.63) is 0 Å². The van der Waals surface area contributed by atoms with Gasteiger partial charge in [-0.1, -0.05) is 21.6 Å². The van der Waals surface area contributed by atoms with Gasteiger partial charge in [0.25, 0.3) is 0 Å². The first-order valence-electron chi connectivity index (χ1n) is 7.26. The first kappa shape index (κ1) is 19.6. The van der Waals surface area contributed by atoms with Crippen molar-refractivity contribution in [1.82, 2.24) is 0 Å². The van der Waals surface area contributed by atoms with Crippen LogP contribution in [0.5, 0.6) is 0 Å². The number of hydrogen-bond acceptors (Lipinski definition) is 6. The summed E-state index contributed by atoms with van der Waals surface area (Å²) in [5.41, 5.74) is 0. The normalized spacial score (nSPS) is 10.3. The SMILES string of the molecule is CCOC(=O)CCCCSSCCCCC(=O)OCC. The third-order valence-electron chi connectivity index (χ3n) is 2.41. The molecular weight excluding hydrogens is 296 g/mol. The Morgan fingerprint density at radius 3 is 1.50 bits per heavy atom. The third kappa shape index (κ3) is 14.1. The highest BCUT2D eigenvalue weighted by Gasteiger charge is 2.02. The molecule has 0 atom stereocenters. The van der Waals surface area contributed by atoms with E-state index in [-0.39, 0.29) is 11.9 Å². The zero-order chi connectivity index (χ0) is 15.1. The number of unbranched alkanes of at least 4 members (excludes halogenated alkanes) is 2. The maximum atomic E-state index is 11.1. The maximum Gasteiger partial charge on any atom is 0.305 e. The second kappa shape index (κ2) is 15.0. The molecule has 0 spiro atoms. The quantitative estimate of drug-likeness (QED) is 0.292.